The molecule has 5 heteroatoms. The van der Waals surface area contributed by atoms with Gasteiger partial charge < -0.3 is 14.5 Å². The maximum Gasteiger partial charge on any atom is 0.251 e. The Labute approximate surface area is 134 Å². The van der Waals surface area contributed by atoms with Gasteiger partial charge in [-0.1, -0.05) is 6.07 Å². The van der Waals surface area contributed by atoms with Gasteiger partial charge in [-0.05, 0) is 49.7 Å². The minimum Gasteiger partial charge on any atom is -0.494 e. The lowest BCUT2D eigenvalue weighted by Crippen LogP contribution is -2.22. The van der Waals surface area contributed by atoms with Crippen molar-refractivity contribution in [3.63, 3.8) is 0 Å². The van der Waals surface area contributed by atoms with Gasteiger partial charge >= 0.3 is 0 Å². The van der Waals surface area contributed by atoms with Crippen molar-refractivity contribution < 1.29 is 9.53 Å². The van der Waals surface area contributed by atoms with Crippen LogP contribution < -0.4 is 10.1 Å². The average molecular weight is 309 g/mol. The Morgan fingerprint density at radius 2 is 2.17 bits per heavy atom. The molecule has 0 saturated carbocycles. The molecule has 1 amide bonds. The average Bonchev–Trinajstić information content (AvgIpc) is 2.95. The number of aryl methyl sites for hydroxylation is 1. The van der Waals surface area contributed by atoms with Crippen LogP contribution in [0.3, 0.4) is 0 Å². The summed E-state index contributed by atoms with van der Waals surface area (Å²) in [6.45, 7) is 4.91. The number of carbonyl (C=O) groups excluding carboxylic acids is 1. The van der Waals surface area contributed by atoms with E-state index in [-0.39, 0.29) is 5.91 Å². The number of nitrogens with zero attached hydrogens (tertiary/aromatic N) is 2. The maximum absolute atomic E-state index is 12.2. The van der Waals surface area contributed by atoms with Crippen LogP contribution in [0, 0.1) is 6.92 Å². The van der Waals surface area contributed by atoms with Crippen LogP contribution in [-0.2, 0) is 6.54 Å². The Balaban J connectivity index is 1.69. The number of nitrogens with one attached hydrogen (secondary N) is 1. The van der Waals surface area contributed by atoms with Crippen LogP contribution in [0.4, 0.5) is 0 Å². The first kappa shape index (κ1) is 15.1. The van der Waals surface area contributed by atoms with Crippen molar-refractivity contribution in [2.45, 2.75) is 20.4 Å². The van der Waals surface area contributed by atoms with E-state index < -0.39 is 0 Å². The highest BCUT2D eigenvalue weighted by molar-refractivity contribution is 5.94. The number of pyridine rings is 1. The van der Waals surface area contributed by atoms with Gasteiger partial charge in [-0.2, -0.15) is 0 Å². The van der Waals surface area contributed by atoms with Crippen molar-refractivity contribution in [2.24, 2.45) is 0 Å². The third-order valence-corrected chi connectivity index (χ3v) is 3.50. The van der Waals surface area contributed by atoms with Crippen LogP contribution in [-0.4, -0.2) is 21.9 Å². The van der Waals surface area contributed by atoms with Crippen molar-refractivity contribution in [3.05, 3.63) is 65.6 Å². The fourth-order valence-electron chi connectivity index (χ4n) is 2.39. The minimum atomic E-state index is -0.139. The van der Waals surface area contributed by atoms with Crippen LogP contribution in [0.5, 0.6) is 5.75 Å². The zero-order chi connectivity index (χ0) is 16.2. The molecule has 0 aliphatic carbocycles. The number of fused-ring (bicyclic) bond motifs is 1. The van der Waals surface area contributed by atoms with Gasteiger partial charge in [0.05, 0.1) is 18.8 Å². The summed E-state index contributed by atoms with van der Waals surface area (Å²) in [4.78, 5) is 16.8. The Kier molecular flexibility index (Phi) is 4.28. The Morgan fingerprint density at radius 1 is 1.30 bits per heavy atom. The van der Waals surface area contributed by atoms with E-state index in [1.165, 1.54) is 0 Å². The zero-order valence-electron chi connectivity index (χ0n) is 13.2. The molecule has 0 aliphatic rings. The summed E-state index contributed by atoms with van der Waals surface area (Å²) in [6.07, 6.45) is 3.89. The van der Waals surface area contributed by atoms with Crippen molar-refractivity contribution in [3.8, 4) is 5.75 Å². The molecule has 0 saturated heterocycles. The lowest BCUT2D eigenvalue weighted by Gasteiger charge is -2.06. The number of carbonyl (C=O) groups is 1. The van der Waals surface area contributed by atoms with E-state index >= 15 is 0 Å². The monoisotopic (exact) mass is 309 g/mol. The molecule has 1 N–H and O–H groups in total. The van der Waals surface area contributed by atoms with Crippen molar-refractivity contribution >= 4 is 11.6 Å². The number of aromatic nitrogens is 2. The molecular formula is C18H19N3O2. The second-order valence-electron chi connectivity index (χ2n) is 5.35. The zero-order valence-corrected chi connectivity index (χ0v) is 13.2. The molecule has 118 valence electrons. The predicted octanol–water partition coefficient (Wildman–Crippen LogP) is 2.97. The predicted molar refractivity (Wildman–Crippen MR) is 88.7 cm³/mol. The summed E-state index contributed by atoms with van der Waals surface area (Å²) < 4.78 is 7.36. The van der Waals surface area contributed by atoms with Crippen LogP contribution in [0.25, 0.3) is 5.65 Å². The van der Waals surface area contributed by atoms with Gasteiger partial charge in [-0.3, -0.25) is 4.79 Å². The molecule has 2 heterocycles. The summed E-state index contributed by atoms with van der Waals surface area (Å²) in [5.41, 5.74) is 3.44. The van der Waals surface area contributed by atoms with Gasteiger partial charge in [0.15, 0.2) is 0 Å². The van der Waals surface area contributed by atoms with Crippen molar-refractivity contribution in [1.29, 1.82) is 0 Å². The normalized spacial score (nSPS) is 10.7. The SMILES string of the molecule is CCOc1cccc(C(=O)NCc2cn3ccc(C)cc3n2)c1. The van der Waals surface area contributed by atoms with Crippen LogP contribution in [0.15, 0.2) is 48.8 Å². The fraction of sp³-hybridized carbons (Fsp3) is 0.222. The highest BCUT2D eigenvalue weighted by Crippen LogP contribution is 2.13. The lowest BCUT2D eigenvalue weighted by molar-refractivity contribution is 0.0950. The smallest absolute Gasteiger partial charge is 0.251 e. The molecule has 3 aromatic rings. The van der Waals surface area contributed by atoms with E-state index in [0.29, 0.717) is 24.5 Å². The fourth-order valence-corrected chi connectivity index (χ4v) is 2.39. The second kappa shape index (κ2) is 6.52. The van der Waals surface area contributed by atoms with Gasteiger partial charge in [0.2, 0.25) is 0 Å². The van der Waals surface area contributed by atoms with Crippen molar-refractivity contribution in [1.82, 2.24) is 14.7 Å². The van der Waals surface area contributed by atoms with Crippen LogP contribution in [0.2, 0.25) is 0 Å². The quantitative estimate of drug-likeness (QED) is 0.788. The molecule has 0 spiro atoms. The molecule has 5 nitrogen and oxygen atoms in total. The summed E-state index contributed by atoms with van der Waals surface area (Å²) >= 11 is 0. The number of benzene rings is 1. The molecule has 0 atom stereocenters. The van der Waals surface area contributed by atoms with Gasteiger partial charge in [-0.25, -0.2) is 4.98 Å². The Morgan fingerprint density at radius 3 is 3.00 bits per heavy atom. The number of hydrogen-bond donors (Lipinski definition) is 1. The standard InChI is InChI=1S/C18H19N3O2/c1-3-23-16-6-4-5-14(10-16)18(22)19-11-15-12-21-8-7-13(2)9-17(21)20-15/h4-10,12H,3,11H2,1-2H3,(H,19,22). The molecule has 2 aromatic heterocycles. The van der Waals surface area contributed by atoms with E-state index in [4.69, 9.17) is 4.74 Å². The summed E-state index contributed by atoms with van der Waals surface area (Å²) in [7, 11) is 0. The van der Waals surface area contributed by atoms with Gasteiger partial charge in [0, 0.05) is 18.0 Å². The van der Waals surface area contributed by atoms with E-state index in [2.05, 4.69) is 10.3 Å². The highest BCUT2D eigenvalue weighted by Gasteiger charge is 2.08. The largest absolute Gasteiger partial charge is 0.494 e. The number of ether oxygens (including phenoxy) is 1. The van der Waals surface area contributed by atoms with Gasteiger partial charge in [-0.15, -0.1) is 0 Å². The number of hydrogen-bond acceptors (Lipinski definition) is 3. The van der Waals surface area contributed by atoms with E-state index in [1.54, 1.807) is 12.1 Å². The molecular weight excluding hydrogens is 290 g/mol. The Bertz CT molecular complexity index is 839. The first-order valence-corrected chi connectivity index (χ1v) is 7.61. The number of rotatable bonds is 5. The van der Waals surface area contributed by atoms with Crippen LogP contribution >= 0.6 is 0 Å². The summed E-state index contributed by atoms with van der Waals surface area (Å²) in [5, 5.41) is 2.89. The van der Waals surface area contributed by atoms with Gasteiger partial charge in [0.1, 0.15) is 11.4 Å². The van der Waals surface area contributed by atoms with E-state index in [9.17, 15) is 4.79 Å². The maximum atomic E-state index is 12.2. The van der Waals surface area contributed by atoms with E-state index in [1.807, 2.05) is 54.9 Å². The third kappa shape index (κ3) is 3.51. The van der Waals surface area contributed by atoms with Crippen LogP contribution in [0.1, 0.15) is 28.5 Å². The third-order valence-electron chi connectivity index (χ3n) is 3.50. The number of imidazole rings is 1. The molecule has 0 fully saturated rings. The molecule has 1 aromatic carbocycles. The molecule has 0 radical (unpaired) electrons. The topological polar surface area (TPSA) is 55.6 Å². The van der Waals surface area contributed by atoms with E-state index in [0.717, 1.165) is 16.9 Å². The minimum absolute atomic E-state index is 0.139. The summed E-state index contributed by atoms with van der Waals surface area (Å²) in [6, 6.07) is 11.2. The Hall–Kier alpha value is -2.82. The molecule has 0 aliphatic heterocycles. The van der Waals surface area contributed by atoms with Gasteiger partial charge in [0.25, 0.3) is 5.91 Å². The first-order chi connectivity index (χ1) is 11.2. The molecule has 23 heavy (non-hydrogen) atoms. The summed E-state index contributed by atoms with van der Waals surface area (Å²) in [5.74, 6) is 0.558. The molecule has 0 unspecified atom stereocenters. The van der Waals surface area contributed by atoms with Crippen molar-refractivity contribution in [2.75, 3.05) is 6.61 Å². The second-order valence-corrected chi connectivity index (χ2v) is 5.35. The highest BCUT2D eigenvalue weighted by atomic mass is 16.5. The first-order valence-electron chi connectivity index (χ1n) is 7.61. The molecule has 0 bridgehead atoms. The molecule has 3 rings (SSSR count). The lowest BCUT2D eigenvalue weighted by atomic mass is 10.2. The number of amides is 1.